The van der Waals surface area contributed by atoms with Gasteiger partial charge in [0.25, 0.3) is 5.91 Å². The van der Waals surface area contributed by atoms with Gasteiger partial charge in [-0.1, -0.05) is 17.3 Å². The summed E-state index contributed by atoms with van der Waals surface area (Å²) in [6, 6.07) is 14.6. The summed E-state index contributed by atoms with van der Waals surface area (Å²) >= 11 is 0. The number of hydrogen-bond acceptors (Lipinski definition) is 9. The summed E-state index contributed by atoms with van der Waals surface area (Å²) in [6.45, 7) is 2.47. The van der Waals surface area contributed by atoms with Crippen LogP contribution >= 0.6 is 0 Å². The van der Waals surface area contributed by atoms with Crippen LogP contribution in [0.2, 0.25) is 0 Å². The molecule has 0 saturated carbocycles. The lowest BCUT2D eigenvalue weighted by Gasteiger charge is -2.16. The second kappa shape index (κ2) is 8.79. The van der Waals surface area contributed by atoms with Crippen LogP contribution in [-0.4, -0.2) is 59.0 Å². The molecule has 1 saturated heterocycles. The van der Waals surface area contributed by atoms with Crippen molar-refractivity contribution in [3.05, 3.63) is 78.6 Å². The Balaban J connectivity index is 1.25. The minimum absolute atomic E-state index is 0.0939. The third kappa shape index (κ3) is 3.99. The quantitative estimate of drug-likeness (QED) is 0.364. The number of anilines is 1. The van der Waals surface area contributed by atoms with Crippen molar-refractivity contribution in [1.29, 1.82) is 0 Å². The van der Waals surface area contributed by atoms with E-state index in [1.54, 1.807) is 31.4 Å². The largest absolute Gasteiger partial charge is 0.373 e. The van der Waals surface area contributed by atoms with Gasteiger partial charge in [0.1, 0.15) is 11.3 Å². The van der Waals surface area contributed by atoms with Gasteiger partial charge in [0, 0.05) is 38.5 Å². The molecule has 6 rings (SSSR count). The highest BCUT2D eigenvalue weighted by Gasteiger charge is 2.48. The molecule has 2 N–H and O–H groups in total. The van der Waals surface area contributed by atoms with Gasteiger partial charge in [-0.2, -0.15) is 0 Å². The van der Waals surface area contributed by atoms with Crippen molar-refractivity contribution in [3.8, 4) is 22.8 Å². The number of nitrogens with zero attached hydrogens (tertiary/aromatic N) is 7. The second-order valence-corrected chi connectivity index (χ2v) is 9.06. The van der Waals surface area contributed by atoms with E-state index in [-0.39, 0.29) is 18.2 Å². The summed E-state index contributed by atoms with van der Waals surface area (Å²) < 4.78 is 7.39. The average molecular weight is 497 g/mol. The van der Waals surface area contributed by atoms with E-state index < -0.39 is 11.5 Å². The molecule has 1 amide bonds. The number of likely N-dealkylation sites (N-methyl/N-ethyl adjacent to an activating group) is 1. The van der Waals surface area contributed by atoms with Crippen molar-refractivity contribution in [2.45, 2.75) is 25.0 Å². The topological polar surface area (TPSA) is 135 Å². The number of pyridine rings is 2. The van der Waals surface area contributed by atoms with E-state index in [2.05, 4.69) is 30.4 Å². The minimum Gasteiger partial charge on any atom is -0.373 e. The molecule has 2 atom stereocenters. The lowest BCUT2D eigenvalue weighted by Crippen LogP contribution is -2.35. The first-order valence-electron chi connectivity index (χ1n) is 11.9. The summed E-state index contributed by atoms with van der Waals surface area (Å²) in [4.78, 5) is 32.0. The number of carbonyl (C=O) groups excluding carboxylic acids is 1. The van der Waals surface area contributed by atoms with Gasteiger partial charge in [-0.25, -0.2) is 19.9 Å². The summed E-state index contributed by atoms with van der Waals surface area (Å²) in [6.07, 6.45) is 5.72. The van der Waals surface area contributed by atoms with Crippen molar-refractivity contribution in [2.24, 2.45) is 0 Å². The SMILES string of the molecule is C[C@H](Nc1nccc(-c2cccc(-c3cc(C4(O)CCN(C)C4=O)on3)n2)n1)c1cnc2ccccn12. The Hall–Kier alpha value is -4.64. The average Bonchev–Trinajstić information content (AvgIpc) is 3.65. The molecule has 11 nitrogen and oxygen atoms in total. The zero-order chi connectivity index (χ0) is 25.6. The van der Waals surface area contributed by atoms with Crippen molar-refractivity contribution in [2.75, 3.05) is 18.9 Å². The molecule has 5 aromatic rings. The van der Waals surface area contributed by atoms with E-state index in [9.17, 15) is 9.90 Å². The Morgan fingerprint density at radius 2 is 1.86 bits per heavy atom. The number of aromatic nitrogens is 6. The molecule has 5 aromatic heterocycles. The van der Waals surface area contributed by atoms with Crippen molar-refractivity contribution >= 4 is 17.5 Å². The molecule has 0 aliphatic carbocycles. The molecular weight excluding hydrogens is 472 g/mol. The fourth-order valence-electron chi connectivity index (χ4n) is 4.50. The standard InChI is InChI=1S/C26H24N8O3/c1-16(21-15-28-23-8-3-4-12-34(21)23)29-25-27-11-9-19(31-25)17-6-5-7-18(30-17)20-14-22(37-32-20)26(36)10-13-33(2)24(26)35/h3-9,11-12,14-16,36H,10,13H2,1-2H3,(H,27,29,31)/t16-,26?/m0/s1. The van der Waals surface area contributed by atoms with Crippen LogP contribution in [0.25, 0.3) is 28.4 Å². The Morgan fingerprint density at radius 3 is 2.68 bits per heavy atom. The highest BCUT2D eigenvalue weighted by atomic mass is 16.5. The molecule has 1 aliphatic heterocycles. The molecule has 0 bridgehead atoms. The highest BCUT2D eigenvalue weighted by Crippen LogP contribution is 2.34. The van der Waals surface area contributed by atoms with Gasteiger partial charge in [-0.05, 0) is 37.3 Å². The van der Waals surface area contributed by atoms with Gasteiger partial charge < -0.3 is 24.2 Å². The lowest BCUT2D eigenvalue weighted by molar-refractivity contribution is -0.144. The van der Waals surface area contributed by atoms with E-state index in [4.69, 9.17) is 4.52 Å². The summed E-state index contributed by atoms with van der Waals surface area (Å²) in [5.41, 5.74) is 2.34. The van der Waals surface area contributed by atoms with Crippen LogP contribution in [0.5, 0.6) is 0 Å². The first-order valence-corrected chi connectivity index (χ1v) is 11.9. The van der Waals surface area contributed by atoms with Crippen molar-refractivity contribution < 1.29 is 14.4 Å². The smallest absolute Gasteiger partial charge is 0.262 e. The van der Waals surface area contributed by atoms with Crippen molar-refractivity contribution in [1.82, 2.24) is 34.4 Å². The van der Waals surface area contributed by atoms with Crippen LogP contribution < -0.4 is 5.32 Å². The van der Waals surface area contributed by atoms with Gasteiger partial charge in [0.05, 0.1) is 35.0 Å². The fraction of sp³-hybridized carbons (Fsp3) is 0.231. The first-order chi connectivity index (χ1) is 17.9. The van der Waals surface area contributed by atoms with Crippen LogP contribution in [-0.2, 0) is 10.4 Å². The molecule has 1 fully saturated rings. The molecule has 11 heteroatoms. The summed E-state index contributed by atoms with van der Waals surface area (Å²) in [5, 5.41) is 18.2. The van der Waals surface area contributed by atoms with Crippen molar-refractivity contribution in [3.63, 3.8) is 0 Å². The monoisotopic (exact) mass is 496 g/mol. The normalized spacial score (nSPS) is 18.5. The number of carbonyl (C=O) groups is 1. The first kappa shape index (κ1) is 22.8. The van der Waals surface area contributed by atoms with E-state index in [0.717, 1.165) is 11.3 Å². The van der Waals surface area contributed by atoms with Gasteiger partial charge in [-0.15, -0.1) is 0 Å². The third-order valence-electron chi connectivity index (χ3n) is 6.59. The van der Waals surface area contributed by atoms with Crippen LogP contribution in [0.15, 0.2) is 71.6 Å². The number of hydrogen-bond donors (Lipinski definition) is 2. The van der Waals surface area contributed by atoms with Gasteiger partial charge >= 0.3 is 0 Å². The second-order valence-electron chi connectivity index (χ2n) is 9.06. The molecule has 6 heterocycles. The maximum atomic E-state index is 12.4. The molecule has 186 valence electrons. The highest BCUT2D eigenvalue weighted by molar-refractivity contribution is 5.87. The molecule has 37 heavy (non-hydrogen) atoms. The number of rotatable bonds is 6. The molecule has 1 aliphatic rings. The Labute approximate surface area is 211 Å². The predicted octanol–water partition coefficient (Wildman–Crippen LogP) is 3.06. The maximum Gasteiger partial charge on any atom is 0.262 e. The van der Waals surface area contributed by atoms with E-state index in [1.165, 1.54) is 4.90 Å². The fourth-order valence-corrected chi connectivity index (χ4v) is 4.50. The summed E-state index contributed by atoms with van der Waals surface area (Å²) in [5.74, 6) is 0.160. The molecule has 1 unspecified atom stereocenters. The van der Waals surface area contributed by atoms with Crippen LogP contribution in [0.4, 0.5) is 5.95 Å². The van der Waals surface area contributed by atoms with Gasteiger partial charge in [-0.3, -0.25) is 4.79 Å². The minimum atomic E-state index is -1.71. The molecule has 0 aromatic carbocycles. The lowest BCUT2D eigenvalue weighted by atomic mass is 9.98. The zero-order valence-electron chi connectivity index (χ0n) is 20.2. The molecule has 0 spiro atoms. The van der Waals surface area contributed by atoms with Crippen LogP contribution in [0.3, 0.4) is 0 Å². The number of likely N-dealkylation sites (tertiary alicyclic amines) is 1. The number of aliphatic hydroxyl groups is 1. The number of imidazole rings is 1. The maximum absolute atomic E-state index is 12.4. The van der Waals surface area contributed by atoms with Crippen LogP contribution in [0.1, 0.15) is 30.8 Å². The Morgan fingerprint density at radius 1 is 1.05 bits per heavy atom. The van der Waals surface area contributed by atoms with E-state index >= 15 is 0 Å². The van der Waals surface area contributed by atoms with E-state index in [1.807, 2.05) is 54.0 Å². The predicted molar refractivity (Wildman–Crippen MR) is 134 cm³/mol. The Kier molecular flexibility index (Phi) is 5.41. The zero-order valence-corrected chi connectivity index (χ0v) is 20.2. The van der Waals surface area contributed by atoms with Crippen LogP contribution in [0, 0.1) is 0 Å². The summed E-state index contributed by atoms with van der Waals surface area (Å²) in [7, 11) is 1.64. The third-order valence-corrected chi connectivity index (χ3v) is 6.59. The van der Waals surface area contributed by atoms with Gasteiger partial charge in [0.2, 0.25) is 11.5 Å². The number of amides is 1. The molecular formula is C26H24N8O3. The number of nitrogens with one attached hydrogen (secondary N) is 1. The molecule has 0 radical (unpaired) electrons. The Bertz CT molecular complexity index is 1610. The number of fused-ring (bicyclic) bond motifs is 1. The van der Waals surface area contributed by atoms with Gasteiger partial charge in [0.15, 0.2) is 5.76 Å². The van der Waals surface area contributed by atoms with E-state index in [0.29, 0.717) is 35.3 Å².